The molecule has 0 saturated carbocycles. The number of allylic oxidation sites excluding steroid dienone is 16. The molecule has 1 unspecified atom stereocenters. The molecule has 6 nitrogen and oxygen atoms in total. The summed E-state index contributed by atoms with van der Waals surface area (Å²) < 4.78 is 16.8. The molecule has 0 aromatic carbocycles. The highest BCUT2D eigenvalue weighted by atomic mass is 16.6. The summed E-state index contributed by atoms with van der Waals surface area (Å²) in [5, 5.41) is 0. The lowest BCUT2D eigenvalue weighted by Gasteiger charge is -2.18. The molecular weight excluding hydrogens is 937 g/mol. The lowest BCUT2D eigenvalue weighted by molar-refractivity contribution is -0.166. The summed E-state index contributed by atoms with van der Waals surface area (Å²) in [6, 6.07) is 0. The monoisotopic (exact) mass is 1060 g/mol. The van der Waals surface area contributed by atoms with Crippen molar-refractivity contribution in [3.63, 3.8) is 0 Å². The maximum atomic E-state index is 12.9. The minimum atomic E-state index is -0.811. The molecule has 6 heteroatoms. The molecule has 0 rings (SSSR count). The van der Waals surface area contributed by atoms with Gasteiger partial charge in [-0.3, -0.25) is 14.4 Å². The fourth-order valence-corrected chi connectivity index (χ4v) is 8.99. The van der Waals surface area contributed by atoms with Crippen LogP contribution in [0.5, 0.6) is 0 Å². The van der Waals surface area contributed by atoms with Gasteiger partial charge < -0.3 is 14.2 Å². The molecule has 0 aliphatic carbocycles. The molecule has 0 saturated heterocycles. The van der Waals surface area contributed by atoms with Crippen LogP contribution in [0.3, 0.4) is 0 Å². The summed E-state index contributed by atoms with van der Waals surface area (Å²) >= 11 is 0. The third-order valence-corrected chi connectivity index (χ3v) is 13.8. The predicted molar refractivity (Wildman–Crippen MR) is 330 cm³/mol. The highest BCUT2D eigenvalue weighted by Gasteiger charge is 2.19. The van der Waals surface area contributed by atoms with Crippen molar-refractivity contribution in [3.8, 4) is 0 Å². The third-order valence-electron chi connectivity index (χ3n) is 13.8. The van der Waals surface area contributed by atoms with E-state index in [2.05, 4.69) is 112 Å². The van der Waals surface area contributed by atoms with E-state index >= 15 is 0 Å². The Kier molecular flexibility index (Phi) is 60.8. The second kappa shape index (κ2) is 63.9. The average molecular weight is 1060 g/mol. The van der Waals surface area contributed by atoms with Gasteiger partial charge in [0.2, 0.25) is 0 Å². The Morgan fingerprint density at radius 1 is 0.276 bits per heavy atom. The van der Waals surface area contributed by atoms with Crippen molar-refractivity contribution in [3.05, 3.63) is 97.2 Å². The normalized spacial score (nSPS) is 12.7. The molecule has 0 heterocycles. The third kappa shape index (κ3) is 61.2. The van der Waals surface area contributed by atoms with Gasteiger partial charge in [0, 0.05) is 19.3 Å². The molecule has 0 radical (unpaired) electrons. The fourth-order valence-electron chi connectivity index (χ4n) is 8.99. The first-order valence-corrected chi connectivity index (χ1v) is 32.2. The van der Waals surface area contributed by atoms with Crippen molar-refractivity contribution in [2.75, 3.05) is 13.2 Å². The van der Waals surface area contributed by atoms with Gasteiger partial charge in [-0.1, -0.05) is 279 Å². The van der Waals surface area contributed by atoms with E-state index in [0.29, 0.717) is 19.3 Å². The summed E-state index contributed by atoms with van der Waals surface area (Å²) in [6.45, 7) is 6.46. The molecule has 0 amide bonds. The van der Waals surface area contributed by atoms with Crippen LogP contribution in [0.4, 0.5) is 0 Å². The summed E-state index contributed by atoms with van der Waals surface area (Å²) in [5.41, 5.74) is 0. The van der Waals surface area contributed by atoms with Gasteiger partial charge in [-0.25, -0.2) is 0 Å². The van der Waals surface area contributed by atoms with Crippen molar-refractivity contribution in [1.29, 1.82) is 0 Å². The minimum Gasteiger partial charge on any atom is -0.462 e. The van der Waals surface area contributed by atoms with Crippen molar-refractivity contribution in [1.82, 2.24) is 0 Å². The van der Waals surface area contributed by atoms with Crippen molar-refractivity contribution in [2.45, 2.75) is 316 Å². The van der Waals surface area contributed by atoms with E-state index < -0.39 is 6.10 Å². The van der Waals surface area contributed by atoms with Crippen LogP contribution in [0, 0.1) is 0 Å². The maximum Gasteiger partial charge on any atom is 0.306 e. The van der Waals surface area contributed by atoms with Crippen LogP contribution in [0.1, 0.15) is 310 Å². The van der Waals surface area contributed by atoms with E-state index in [0.717, 1.165) is 89.9 Å². The standard InChI is InChI=1S/C70H120O6/c1-4-7-10-13-16-19-22-25-27-29-30-31-32-33-34-35-36-37-38-39-40-41-43-45-48-51-54-57-60-63-69(72)75-66-67(65-74-68(71)62-59-56-53-50-47-44-24-21-18-15-12-9-6-3)76-70(73)64-61-58-55-52-49-46-42-28-26-23-20-17-14-11-8-5-2/h9,12,18,21-22,25,28-30,32-33,42,44,47,53,56,67H,4-8,10-11,13-17,19-20,23-24,26-27,31,34-41,43,45-46,48-52,54-55,57-66H2,1-3H3/b12-9-,21-18-,25-22-,30-29-,33-32-,42-28-,47-44-,56-53-. The maximum absolute atomic E-state index is 12.9. The fraction of sp³-hybridized carbons (Fsp3) is 0.729. The molecule has 1 atom stereocenters. The molecule has 0 N–H and O–H groups in total. The van der Waals surface area contributed by atoms with Crippen LogP contribution >= 0.6 is 0 Å². The van der Waals surface area contributed by atoms with Gasteiger partial charge in [-0.05, 0) is 109 Å². The van der Waals surface area contributed by atoms with Crippen LogP contribution < -0.4 is 0 Å². The Morgan fingerprint density at radius 3 is 0.895 bits per heavy atom. The van der Waals surface area contributed by atoms with E-state index in [1.807, 2.05) is 6.08 Å². The van der Waals surface area contributed by atoms with Crippen molar-refractivity contribution < 1.29 is 28.6 Å². The molecule has 436 valence electrons. The number of hydrogen-bond acceptors (Lipinski definition) is 6. The van der Waals surface area contributed by atoms with Gasteiger partial charge in [-0.15, -0.1) is 0 Å². The molecule has 0 aromatic heterocycles. The number of esters is 3. The molecule has 0 fully saturated rings. The van der Waals surface area contributed by atoms with E-state index in [-0.39, 0.29) is 37.5 Å². The topological polar surface area (TPSA) is 78.9 Å². The van der Waals surface area contributed by atoms with E-state index in [9.17, 15) is 14.4 Å². The molecule has 76 heavy (non-hydrogen) atoms. The second-order valence-corrected chi connectivity index (χ2v) is 21.3. The number of rotatable bonds is 58. The summed E-state index contributed by atoms with van der Waals surface area (Å²) in [7, 11) is 0. The SMILES string of the molecule is CC/C=C\C/C=C\C/C=C\C/C=C\CCC(=O)OCC(COC(=O)CCCCCCCCCCCCCCCC/C=C\C/C=C\C/C=C\CCCCCCC)OC(=O)CCCCCCC/C=C\CCCCCCCCC. The molecule has 0 aliphatic rings. The quantitative estimate of drug-likeness (QED) is 0.0261. The van der Waals surface area contributed by atoms with Crippen LogP contribution in [0.25, 0.3) is 0 Å². The van der Waals surface area contributed by atoms with Gasteiger partial charge >= 0.3 is 17.9 Å². The largest absolute Gasteiger partial charge is 0.462 e. The first-order valence-electron chi connectivity index (χ1n) is 32.2. The lowest BCUT2D eigenvalue weighted by Crippen LogP contribution is -2.30. The van der Waals surface area contributed by atoms with E-state index in [1.165, 1.54) is 173 Å². The summed E-state index contributed by atoms with van der Waals surface area (Å²) in [4.78, 5) is 38.2. The second-order valence-electron chi connectivity index (χ2n) is 21.3. The first kappa shape index (κ1) is 72.3. The zero-order chi connectivity index (χ0) is 55.0. The van der Waals surface area contributed by atoms with E-state index in [4.69, 9.17) is 14.2 Å². The van der Waals surface area contributed by atoms with Gasteiger partial charge in [0.05, 0.1) is 0 Å². The molecule has 0 aromatic rings. The predicted octanol–water partition coefficient (Wildman–Crippen LogP) is 22.0. The zero-order valence-electron chi connectivity index (χ0n) is 50.0. The van der Waals surface area contributed by atoms with Gasteiger partial charge in [0.15, 0.2) is 6.10 Å². The van der Waals surface area contributed by atoms with Crippen LogP contribution in [0.2, 0.25) is 0 Å². The highest BCUT2D eigenvalue weighted by molar-refractivity contribution is 5.71. The number of ether oxygens (including phenoxy) is 3. The smallest absolute Gasteiger partial charge is 0.306 e. The van der Waals surface area contributed by atoms with Crippen molar-refractivity contribution in [2.24, 2.45) is 0 Å². The number of carbonyl (C=O) groups is 3. The van der Waals surface area contributed by atoms with E-state index in [1.54, 1.807) is 0 Å². The zero-order valence-corrected chi connectivity index (χ0v) is 50.0. The lowest BCUT2D eigenvalue weighted by atomic mass is 10.0. The minimum absolute atomic E-state index is 0.102. The van der Waals surface area contributed by atoms with Gasteiger partial charge in [-0.2, -0.15) is 0 Å². The number of hydrogen-bond donors (Lipinski definition) is 0. The molecule has 0 spiro atoms. The first-order chi connectivity index (χ1) is 37.5. The Hall–Kier alpha value is -3.67. The molecular formula is C70H120O6. The highest BCUT2D eigenvalue weighted by Crippen LogP contribution is 2.16. The number of carbonyl (C=O) groups excluding carboxylic acids is 3. The summed E-state index contributed by atoms with van der Waals surface area (Å²) in [5.74, 6) is -0.988. The molecule has 0 aliphatic heterocycles. The Labute approximate surface area is 470 Å². The van der Waals surface area contributed by atoms with Crippen LogP contribution in [0.15, 0.2) is 97.2 Å². The van der Waals surface area contributed by atoms with Crippen LogP contribution in [-0.4, -0.2) is 37.2 Å². The number of unbranched alkanes of at least 4 members (excludes halogenated alkanes) is 31. The van der Waals surface area contributed by atoms with Crippen molar-refractivity contribution >= 4 is 17.9 Å². The van der Waals surface area contributed by atoms with Gasteiger partial charge in [0.1, 0.15) is 13.2 Å². The van der Waals surface area contributed by atoms with Gasteiger partial charge in [0.25, 0.3) is 0 Å². The molecule has 0 bridgehead atoms. The Balaban J connectivity index is 4.28. The Bertz CT molecular complexity index is 1490. The van der Waals surface area contributed by atoms with Crippen LogP contribution in [-0.2, 0) is 28.6 Å². The summed E-state index contributed by atoms with van der Waals surface area (Å²) in [6.07, 6.45) is 85.8. The average Bonchev–Trinajstić information content (AvgIpc) is 3.42. The Morgan fingerprint density at radius 2 is 0.539 bits per heavy atom.